The van der Waals surface area contributed by atoms with Crippen molar-refractivity contribution in [3.63, 3.8) is 0 Å². The summed E-state index contributed by atoms with van der Waals surface area (Å²) in [6.45, 7) is 0.403. The van der Waals surface area contributed by atoms with Gasteiger partial charge in [-0.2, -0.15) is 0 Å². The summed E-state index contributed by atoms with van der Waals surface area (Å²) in [5.74, 6) is -1.33. The Morgan fingerprint density at radius 2 is 1.86 bits per heavy atom. The molecule has 21 heavy (non-hydrogen) atoms. The Kier molecular flexibility index (Phi) is 5.22. The highest BCUT2D eigenvalue weighted by atomic mass is 35.5. The molecule has 4 nitrogen and oxygen atoms in total. The van der Waals surface area contributed by atoms with E-state index in [1.807, 2.05) is 6.07 Å². The number of carboxylic acid groups (broad SMARTS) is 1. The van der Waals surface area contributed by atoms with Gasteiger partial charge in [-0.1, -0.05) is 29.3 Å². The van der Waals surface area contributed by atoms with Crippen LogP contribution in [0.15, 0.2) is 30.3 Å². The maximum Gasteiger partial charge on any atom is 0.345 e. The molecule has 0 aliphatic carbocycles. The molecule has 0 spiro atoms. The number of hydrogen-bond donors (Lipinski definition) is 2. The lowest BCUT2D eigenvalue weighted by Crippen LogP contribution is -2.24. The number of halogens is 2. The van der Waals surface area contributed by atoms with Crippen LogP contribution in [0.1, 0.15) is 24.9 Å². The number of thiophene rings is 1. The van der Waals surface area contributed by atoms with Gasteiger partial charge in [0.05, 0.1) is 4.88 Å². The average molecular weight is 344 g/mol. The lowest BCUT2D eigenvalue weighted by Gasteiger charge is -2.06. The van der Waals surface area contributed by atoms with E-state index in [4.69, 9.17) is 28.3 Å². The summed E-state index contributed by atoms with van der Waals surface area (Å²) in [4.78, 5) is 23.1. The quantitative estimate of drug-likeness (QED) is 0.869. The van der Waals surface area contributed by atoms with Gasteiger partial charge in [-0.3, -0.25) is 4.79 Å². The zero-order chi connectivity index (χ0) is 15.4. The molecule has 0 bridgehead atoms. The molecule has 1 aromatic heterocycles. The Bertz CT molecular complexity index is 685. The Hall–Kier alpha value is -1.56. The molecule has 1 aromatic carbocycles. The van der Waals surface area contributed by atoms with Crippen LogP contribution >= 0.6 is 34.5 Å². The minimum Gasteiger partial charge on any atom is -0.477 e. The van der Waals surface area contributed by atoms with Crippen molar-refractivity contribution in [2.75, 3.05) is 6.54 Å². The van der Waals surface area contributed by atoms with Gasteiger partial charge >= 0.3 is 5.97 Å². The lowest BCUT2D eigenvalue weighted by molar-refractivity contribution is 0.0702. The number of aromatic carboxylic acids is 1. The number of carboxylic acids is 1. The molecule has 2 N–H and O–H groups in total. The third kappa shape index (κ3) is 4.20. The Balaban J connectivity index is 1.90. The van der Waals surface area contributed by atoms with Crippen LogP contribution in [-0.2, 0) is 6.42 Å². The fourth-order valence-electron chi connectivity index (χ4n) is 1.70. The Labute approximate surface area is 135 Å². The molecule has 0 aliphatic rings. The van der Waals surface area contributed by atoms with E-state index in [0.717, 1.165) is 16.9 Å². The van der Waals surface area contributed by atoms with Crippen molar-refractivity contribution < 1.29 is 14.7 Å². The van der Waals surface area contributed by atoms with Crippen molar-refractivity contribution in [3.8, 4) is 0 Å². The first-order valence-corrected chi connectivity index (χ1v) is 7.60. The van der Waals surface area contributed by atoms with Crippen LogP contribution in [0.25, 0.3) is 0 Å². The SMILES string of the molecule is O=C(O)c1ccc(C(=O)NCCc2ccc(Cl)cc2Cl)s1. The minimum absolute atomic E-state index is 0.140. The average Bonchev–Trinajstić information content (AvgIpc) is 2.91. The van der Waals surface area contributed by atoms with E-state index in [-0.39, 0.29) is 10.8 Å². The number of nitrogens with one attached hydrogen (secondary N) is 1. The normalized spacial score (nSPS) is 10.4. The molecule has 0 unspecified atom stereocenters. The molecule has 0 saturated heterocycles. The van der Waals surface area contributed by atoms with Gasteiger partial charge in [0.25, 0.3) is 5.91 Å². The zero-order valence-corrected chi connectivity index (χ0v) is 13.1. The van der Waals surface area contributed by atoms with Crippen LogP contribution in [0.5, 0.6) is 0 Å². The van der Waals surface area contributed by atoms with E-state index in [0.29, 0.717) is 27.9 Å². The molecule has 2 aromatic rings. The highest BCUT2D eigenvalue weighted by molar-refractivity contribution is 7.15. The minimum atomic E-state index is -1.04. The number of carbonyl (C=O) groups is 2. The van der Waals surface area contributed by atoms with Gasteiger partial charge in [-0.05, 0) is 36.2 Å². The van der Waals surface area contributed by atoms with E-state index in [1.54, 1.807) is 12.1 Å². The van der Waals surface area contributed by atoms with Crippen molar-refractivity contribution in [2.45, 2.75) is 6.42 Å². The number of hydrogen-bond acceptors (Lipinski definition) is 3. The molecule has 2 rings (SSSR count). The summed E-state index contributed by atoms with van der Waals surface area (Å²) in [5.41, 5.74) is 0.888. The molecule has 0 aliphatic heterocycles. The van der Waals surface area contributed by atoms with Crippen molar-refractivity contribution in [2.24, 2.45) is 0 Å². The fraction of sp³-hybridized carbons (Fsp3) is 0.143. The van der Waals surface area contributed by atoms with Crippen LogP contribution in [0.2, 0.25) is 10.0 Å². The van der Waals surface area contributed by atoms with Crippen LogP contribution < -0.4 is 5.32 Å². The molecule has 0 fully saturated rings. The van der Waals surface area contributed by atoms with Gasteiger partial charge in [0.15, 0.2) is 0 Å². The second kappa shape index (κ2) is 6.93. The summed E-state index contributed by atoms with van der Waals surface area (Å²) in [5, 5.41) is 12.7. The molecule has 7 heteroatoms. The Morgan fingerprint density at radius 3 is 2.48 bits per heavy atom. The van der Waals surface area contributed by atoms with Crippen molar-refractivity contribution in [1.82, 2.24) is 5.32 Å². The second-order valence-electron chi connectivity index (χ2n) is 4.21. The zero-order valence-electron chi connectivity index (χ0n) is 10.7. The number of rotatable bonds is 5. The van der Waals surface area contributed by atoms with Gasteiger partial charge < -0.3 is 10.4 Å². The van der Waals surface area contributed by atoms with E-state index >= 15 is 0 Å². The first-order valence-electron chi connectivity index (χ1n) is 6.02. The van der Waals surface area contributed by atoms with Crippen LogP contribution in [0.3, 0.4) is 0 Å². The predicted octanol–water partition coefficient (Wildman–Crippen LogP) is 3.73. The Morgan fingerprint density at radius 1 is 1.14 bits per heavy atom. The smallest absolute Gasteiger partial charge is 0.345 e. The van der Waals surface area contributed by atoms with Gasteiger partial charge in [-0.25, -0.2) is 4.79 Å². The standard InChI is InChI=1S/C14H11Cl2NO3S/c15-9-2-1-8(10(16)7-9)5-6-17-13(18)11-3-4-12(21-11)14(19)20/h1-4,7H,5-6H2,(H,17,18)(H,19,20). The van der Waals surface area contributed by atoms with E-state index in [2.05, 4.69) is 5.32 Å². The first kappa shape index (κ1) is 15.8. The monoisotopic (exact) mass is 343 g/mol. The summed E-state index contributed by atoms with van der Waals surface area (Å²) >= 11 is 12.8. The van der Waals surface area contributed by atoms with Gasteiger partial charge in [-0.15, -0.1) is 11.3 Å². The van der Waals surface area contributed by atoms with Gasteiger partial charge in [0.1, 0.15) is 4.88 Å². The second-order valence-corrected chi connectivity index (χ2v) is 6.14. The molecule has 110 valence electrons. The summed E-state index contributed by atoms with van der Waals surface area (Å²) in [6.07, 6.45) is 0.568. The predicted molar refractivity (Wildman–Crippen MR) is 83.8 cm³/mol. The highest BCUT2D eigenvalue weighted by Crippen LogP contribution is 2.21. The van der Waals surface area contributed by atoms with Gasteiger partial charge in [0.2, 0.25) is 0 Å². The van der Waals surface area contributed by atoms with Crippen LogP contribution in [-0.4, -0.2) is 23.5 Å². The van der Waals surface area contributed by atoms with Crippen LogP contribution in [0.4, 0.5) is 0 Å². The summed E-state index contributed by atoms with van der Waals surface area (Å²) < 4.78 is 0. The van der Waals surface area contributed by atoms with Gasteiger partial charge in [0, 0.05) is 16.6 Å². The number of carbonyl (C=O) groups excluding carboxylic acids is 1. The lowest BCUT2D eigenvalue weighted by atomic mass is 10.1. The molecule has 0 radical (unpaired) electrons. The molecule has 0 atom stereocenters. The van der Waals surface area contributed by atoms with E-state index in [9.17, 15) is 9.59 Å². The molecular weight excluding hydrogens is 333 g/mol. The first-order chi connectivity index (χ1) is 9.97. The largest absolute Gasteiger partial charge is 0.477 e. The van der Waals surface area contributed by atoms with Crippen molar-refractivity contribution in [1.29, 1.82) is 0 Å². The van der Waals surface area contributed by atoms with E-state index in [1.165, 1.54) is 12.1 Å². The van der Waals surface area contributed by atoms with Crippen LogP contribution in [0, 0.1) is 0 Å². The van der Waals surface area contributed by atoms with E-state index < -0.39 is 5.97 Å². The number of benzene rings is 1. The summed E-state index contributed by atoms with van der Waals surface area (Å²) in [7, 11) is 0. The maximum absolute atomic E-state index is 11.9. The molecule has 1 heterocycles. The maximum atomic E-state index is 11.9. The highest BCUT2D eigenvalue weighted by Gasteiger charge is 2.12. The molecule has 1 amide bonds. The topological polar surface area (TPSA) is 66.4 Å². The van der Waals surface area contributed by atoms with Crippen molar-refractivity contribution in [3.05, 3.63) is 55.7 Å². The molecule has 0 saturated carbocycles. The fourth-order valence-corrected chi connectivity index (χ4v) is 2.96. The third-order valence-corrected chi connectivity index (χ3v) is 4.39. The van der Waals surface area contributed by atoms with Crippen molar-refractivity contribution >= 4 is 46.4 Å². The summed E-state index contributed by atoms with van der Waals surface area (Å²) in [6, 6.07) is 8.11. The molecular formula is C14H11Cl2NO3S. The number of amides is 1. The third-order valence-electron chi connectivity index (χ3n) is 2.74.